The number of amides is 2. The zero-order valence-corrected chi connectivity index (χ0v) is 20.5. The van der Waals surface area contributed by atoms with Crippen molar-refractivity contribution in [2.75, 3.05) is 10.2 Å². The van der Waals surface area contributed by atoms with Gasteiger partial charge in [-0.25, -0.2) is 4.98 Å². The number of aromatic nitrogens is 1. The molecule has 1 aliphatic rings. The average Bonchev–Trinajstić information content (AvgIpc) is 3.25. The fraction of sp³-hybridized carbons (Fsp3) is 0.346. The number of thiazole rings is 1. The highest BCUT2D eigenvalue weighted by molar-refractivity contribution is 7.09. The highest BCUT2D eigenvalue weighted by atomic mass is 32.1. The number of fused-ring (bicyclic) bond motifs is 1. The Bertz CT molecular complexity index is 1200. The third kappa shape index (κ3) is 4.37. The Morgan fingerprint density at radius 3 is 2.70 bits per heavy atom. The minimum atomic E-state index is -0.717. The SMILES string of the molecule is CCc1cccc(C)c1NC(=O)C(C)N1C(=O)C(CC)Oc2ccc(-c3csc(C)n3)cc21. The first-order chi connectivity index (χ1) is 15.8. The van der Waals surface area contributed by atoms with E-state index in [4.69, 9.17) is 4.74 Å². The number of para-hydroxylation sites is 1. The molecule has 0 spiro atoms. The van der Waals surface area contributed by atoms with Crippen molar-refractivity contribution in [2.45, 2.75) is 59.6 Å². The van der Waals surface area contributed by atoms with Crippen LogP contribution in [0.3, 0.4) is 0 Å². The van der Waals surface area contributed by atoms with E-state index < -0.39 is 12.1 Å². The fourth-order valence-corrected chi connectivity index (χ4v) is 4.76. The maximum absolute atomic E-state index is 13.4. The second-order valence-electron chi connectivity index (χ2n) is 8.29. The lowest BCUT2D eigenvalue weighted by molar-refractivity contribution is -0.129. The van der Waals surface area contributed by atoms with Crippen molar-refractivity contribution >= 4 is 34.5 Å². The number of anilines is 2. The van der Waals surface area contributed by atoms with Crippen molar-refractivity contribution < 1.29 is 14.3 Å². The quantitative estimate of drug-likeness (QED) is 0.522. The fourth-order valence-electron chi connectivity index (χ4n) is 4.14. The normalized spacial score (nSPS) is 16.2. The topological polar surface area (TPSA) is 71.5 Å². The van der Waals surface area contributed by atoms with E-state index in [1.807, 2.05) is 62.5 Å². The van der Waals surface area contributed by atoms with Crippen LogP contribution >= 0.6 is 11.3 Å². The number of benzene rings is 2. The van der Waals surface area contributed by atoms with Crippen LogP contribution in [0.2, 0.25) is 0 Å². The van der Waals surface area contributed by atoms with Gasteiger partial charge in [0.25, 0.3) is 5.91 Å². The lowest BCUT2D eigenvalue weighted by Crippen LogP contribution is -2.53. The second kappa shape index (κ2) is 9.35. The van der Waals surface area contributed by atoms with E-state index in [1.165, 1.54) is 0 Å². The lowest BCUT2D eigenvalue weighted by Gasteiger charge is -2.37. The Morgan fingerprint density at radius 1 is 1.24 bits per heavy atom. The van der Waals surface area contributed by atoms with Crippen LogP contribution < -0.4 is 15.0 Å². The maximum Gasteiger partial charge on any atom is 0.268 e. The number of carbonyl (C=O) groups is 2. The molecule has 2 amide bonds. The molecular weight excluding hydrogens is 434 g/mol. The van der Waals surface area contributed by atoms with Gasteiger partial charge in [-0.2, -0.15) is 0 Å². The van der Waals surface area contributed by atoms with E-state index in [2.05, 4.69) is 17.2 Å². The van der Waals surface area contributed by atoms with Crippen LogP contribution in [-0.2, 0) is 16.0 Å². The van der Waals surface area contributed by atoms with Crippen LogP contribution in [0.1, 0.15) is 43.3 Å². The first-order valence-corrected chi connectivity index (χ1v) is 12.2. The number of rotatable bonds is 6. The van der Waals surface area contributed by atoms with Gasteiger partial charge in [-0.15, -0.1) is 11.3 Å². The molecule has 0 saturated carbocycles. The molecule has 1 aliphatic heterocycles. The van der Waals surface area contributed by atoms with Gasteiger partial charge in [-0.3, -0.25) is 14.5 Å². The molecule has 7 heteroatoms. The molecule has 4 rings (SSSR count). The largest absolute Gasteiger partial charge is 0.478 e. The number of nitrogens with one attached hydrogen (secondary N) is 1. The Morgan fingerprint density at radius 2 is 2.03 bits per heavy atom. The Kier molecular flexibility index (Phi) is 6.51. The molecule has 1 N–H and O–H groups in total. The summed E-state index contributed by atoms with van der Waals surface area (Å²) in [4.78, 5) is 32.9. The van der Waals surface area contributed by atoms with Crippen LogP contribution in [-0.4, -0.2) is 28.9 Å². The zero-order valence-electron chi connectivity index (χ0n) is 19.6. The van der Waals surface area contributed by atoms with Crippen molar-refractivity contribution in [3.63, 3.8) is 0 Å². The molecule has 6 nitrogen and oxygen atoms in total. The van der Waals surface area contributed by atoms with Crippen LogP contribution in [0.4, 0.5) is 11.4 Å². The Labute approximate surface area is 198 Å². The number of carbonyl (C=O) groups excluding carboxylic acids is 2. The van der Waals surface area contributed by atoms with Crippen molar-refractivity contribution in [3.05, 3.63) is 57.9 Å². The molecule has 0 radical (unpaired) electrons. The maximum atomic E-state index is 13.4. The van der Waals surface area contributed by atoms with Crippen molar-refractivity contribution in [3.8, 4) is 17.0 Å². The van der Waals surface area contributed by atoms with E-state index in [-0.39, 0.29) is 11.8 Å². The molecule has 2 atom stereocenters. The standard InChI is InChI=1S/C26H29N3O3S/c1-6-18-10-8-9-15(3)24(18)28-25(30)16(4)29-21-13-19(20-14-33-17(5)27-20)11-12-23(21)32-22(7-2)26(29)31/h8-14,16,22H,6-7H2,1-5H3,(H,28,30). The molecule has 0 fully saturated rings. The third-order valence-corrected chi connectivity index (χ3v) is 6.81. The minimum Gasteiger partial charge on any atom is -0.478 e. The average molecular weight is 464 g/mol. The smallest absolute Gasteiger partial charge is 0.268 e. The molecule has 2 unspecified atom stereocenters. The molecule has 0 saturated heterocycles. The van der Waals surface area contributed by atoms with Gasteiger partial charge in [-0.05, 0) is 62.9 Å². The molecule has 2 aromatic carbocycles. The van der Waals surface area contributed by atoms with Crippen molar-refractivity contribution in [1.29, 1.82) is 0 Å². The number of hydrogen-bond donors (Lipinski definition) is 1. The van der Waals surface area contributed by atoms with E-state index in [9.17, 15) is 9.59 Å². The predicted octanol–water partition coefficient (Wildman–Crippen LogP) is 5.52. The first kappa shape index (κ1) is 23.0. The second-order valence-corrected chi connectivity index (χ2v) is 9.35. The van der Waals surface area contributed by atoms with Crippen molar-refractivity contribution in [2.24, 2.45) is 0 Å². The summed E-state index contributed by atoms with van der Waals surface area (Å²) in [5.74, 6) is 0.159. The van der Waals surface area contributed by atoms with Crippen LogP contribution in [0.5, 0.6) is 5.75 Å². The highest BCUT2D eigenvalue weighted by Gasteiger charge is 2.39. The molecule has 3 aromatic rings. The van der Waals surface area contributed by atoms with E-state index in [1.54, 1.807) is 23.2 Å². The summed E-state index contributed by atoms with van der Waals surface area (Å²) < 4.78 is 5.98. The van der Waals surface area contributed by atoms with Crippen LogP contribution in [0, 0.1) is 13.8 Å². The summed E-state index contributed by atoms with van der Waals surface area (Å²) in [7, 11) is 0. The summed E-state index contributed by atoms with van der Waals surface area (Å²) in [6, 6.07) is 11.0. The third-order valence-electron chi connectivity index (χ3n) is 6.04. The van der Waals surface area contributed by atoms with E-state index in [0.717, 1.165) is 39.5 Å². The molecule has 2 heterocycles. The number of aryl methyl sites for hydroxylation is 3. The van der Waals surface area contributed by atoms with Crippen molar-refractivity contribution in [1.82, 2.24) is 4.98 Å². The molecule has 172 valence electrons. The van der Waals surface area contributed by atoms with Gasteiger partial charge in [0.15, 0.2) is 6.10 Å². The van der Waals surface area contributed by atoms with Gasteiger partial charge >= 0.3 is 0 Å². The molecular formula is C26H29N3O3S. The monoisotopic (exact) mass is 463 g/mol. The number of hydrogen-bond acceptors (Lipinski definition) is 5. The highest BCUT2D eigenvalue weighted by Crippen LogP contribution is 2.39. The summed E-state index contributed by atoms with van der Waals surface area (Å²) in [5, 5.41) is 6.03. The van der Waals surface area contributed by atoms with Gasteiger partial charge in [-0.1, -0.05) is 32.0 Å². The Hall–Kier alpha value is -3.19. The van der Waals surface area contributed by atoms with Gasteiger partial charge in [0.05, 0.1) is 16.4 Å². The Balaban J connectivity index is 1.71. The van der Waals surface area contributed by atoms with E-state index in [0.29, 0.717) is 17.9 Å². The molecule has 0 aliphatic carbocycles. The van der Waals surface area contributed by atoms with E-state index >= 15 is 0 Å². The summed E-state index contributed by atoms with van der Waals surface area (Å²) in [5.41, 5.74) is 5.20. The van der Waals surface area contributed by atoms with Gasteiger partial charge < -0.3 is 10.1 Å². The molecule has 1 aromatic heterocycles. The molecule has 0 bridgehead atoms. The molecule has 33 heavy (non-hydrogen) atoms. The summed E-state index contributed by atoms with van der Waals surface area (Å²) in [6.45, 7) is 9.66. The minimum absolute atomic E-state index is 0.209. The van der Waals surface area contributed by atoms with Crippen LogP contribution in [0.25, 0.3) is 11.3 Å². The van der Waals surface area contributed by atoms with Gasteiger partial charge in [0.2, 0.25) is 5.91 Å². The lowest BCUT2D eigenvalue weighted by atomic mass is 10.0. The number of nitrogens with zero attached hydrogens (tertiary/aromatic N) is 2. The zero-order chi connectivity index (χ0) is 23.7. The predicted molar refractivity (Wildman–Crippen MR) is 133 cm³/mol. The number of ether oxygens (including phenoxy) is 1. The van der Waals surface area contributed by atoms with Gasteiger partial charge in [0.1, 0.15) is 11.8 Å². The summed E-state index contributed by atoms with van der Waals surface area (Å²) >= 11 is 1.57. The first-order valence-electron chi connectivity index (χ1n) is 11.3. The van der Waals surface area contributed by atoms with Crippen LogP contribution in [0.15, 0.2) is 41.8 Å². The van der Waals surface area contributed by atoms with Gasteiger partial charge in [0, 0.05) is 16.6 Å². The summed E-state index contributed by atoms with van der Waals surface area (Å²) in [6.07, 6.45) is 0.706.